The third kappa shape index (κ3) is 2.61. The number of halogens is 1. The fraction of sp³-hybridized carbons (Fsp3) is 0.250. The van der Waals surface area contributed by atoms with E-state index >= 15 is 0 Å². The molecule has 0 aliphatic heterocycles. The average molecular weight is 310 g/mol. The molecule has 0 aliphatic rings. The van der Waals surface area contributed by atoms with E-state index in [0.717, 1.165) is 33.7 Å². The predicted molar refractivity (Wildman–Crippen MR) is 74.5 cm³/mol. The van der Waals surface area contributed by atoms with Crippen molar-refractivity contribution in [2.24, 2.45) is 0 Å². The first-order valence-corrected chi connectivity index (χ1v) is 6.53. The van der Waals surface area contributed by atoms with E-state index in [-0.39, 0.29) is 0 Å². The van der Waals surface area contributed by atoms with Crippen molar-refractivity contribution < 1.29 is 0 Å². The van der Waals surface area contributed by atoms with Crippen molar-refractivity contribution in [2.75, 3.05) is 0 Å². The molecule has 2 aromatic rings. The lowest BCUT2D eigenvalue weighted by atomic mass is 10.2. The maximum atomic E-state index is 5.28. The van der Waals surface area contributed by atoms with E-state index in [0.29, 0.717) is 4.64 Å². The molecule has 2 heterocycles. The van der Waals surface area contributed by atoms with Crippen LogP contribution < -0.4 is 0 Å². The molecule has 2 aromatic heterocycles. The Morgan fingerprint density at radius 1 is 1.41 bits per heavy atom. The van der Waals surface area contributed by atoms with E-state index in [2.05, 4.69) is 37.8 Å². The topological polar surface area (TPSA) is 41.6 Å². The number of aromatic nitrogens is 3. The molecule has 17 heavy (non-hydrogen) atoms. The second kappa shape index (κ2) is 5.06. The van der Waals surface area contributed by atoms with Crippen molar-refractivity contribution in [3.8, 4) is 11.5 Å². The first kappa shape index (κ1) is 12.4. The van der Waals surface area contributed by atoms with Gasteiger partial charge in [0.15, 0.2) is 5.82 Å². The summed E-state index contributed by atoms with van der Waals surface area (Å²) in [6.07, 6.45) is 2.64. The molecular formula is C12H12BrN3S. The summed E-state index contributed by atoms with van der Waals surface area (Å²) in [6.45, 7) is 4.09. The van der Waals surface area contributed by atoms with Crippen LogP contribution in [0.15, 0.2) is 22.8 Å². The summed E-state index contributed by atoms with van der Waals surface area (Å²) in [7, 11) is 0. The lowest BCUT2D eigenvalue weighted by Gasteiger charge is -2.06. The van der Waals surface area contributed by atoms with Crippen molar-refractivity contribution in [2.45, 2.75) is 20.3 Å². The van der Waals surface area contributed by atoms with Crippen LogP contribution in [0.5, 0.6) is 0 Å². The Balaban J connectivity index is 2.54. The van der Waals surface area contributed by atoms with Gasteiger partial charge in [0.2, 0.25) is 0 Å². The smallest absolute Gasteiger partial charge is 0.157 e. The number of rotatable bonds is 2. The Bertz CT molecular complexity index is 590. The zero-order valence-electron chi connectivity index (χ0n) is 9.62. The lowest BCUT2D eigenvalue weighted by molar-refractivity contribution is 0.983. The number of nitrogens with one attached hydrogen (secondary N) is 1. The molecule has 0 radical (unpaired) electrons. The lowest BCUT2D eigenvalue weighted by Crippen LogP contribution is -1.99. The number of aryl methyl sites for hydroxylation is 1. The largest absolute Gasteiger partial charge is 0.342 e. The van der Waals surface area contributed by atoms with E-state index in [9.17, 15) is 0 Å². The molecule has 88 valence electrons. The summed E-state index contributed by atoms with van der Waals surface area (Å²) in [5.41, 5.74) is 2.96. The maximum Gasteiger partial charge on any atom is 0.157 e. The van der Waals surface area contributed by atoms with E-state index in [1.165, 1.54) is 0 Å². The molecule has 0 bridgehead atoms. The molecule has 1 N–H and O–H groups in total. The van der Waals surface area contributed by atoms with Crippen molar-refractivity contribution in [3.63, 3.8) is 0 Å². The molecule has 0 amide bonds. The Labute approximate surface area is 113 Å². The van der Waals surface area contributed by atoms with E-state index in [4.69, 9.17) is 12.2 Å². The summed E-state index contributed by atoms with van der Waals surface area (Å²) in [6, 6.07) is 3.84. The first-order valence-electron chi connectivity index (χ1n) is 5.33. The van der Waals surface area contributed by atoms with E-state index in [1.807, 2.05) is 19.1 Å². The molecule has 2 rings (SSSR count). The highest BCUT2D eigenvalue weighted by molar-refractivity contribution is 9.10. The molecule has 0 aliphatic carbocycles. The van der Waals surface area contributed by atoms with Gasteiger partial charge in [-0.15, -0.1) is 0 Å². The van der Waals surface area contributed by atoms with Gasteiger partial charge in [-0.1, -0.05) is 19.1 Å². The maximum absolute atomic E-state index is 5.28. The van der Waals surface area contributed by atoms with Gasteiger partial charge in [0.1, 0.15) is 10.3 Å². The van der Waals surface area contributed by atoms with Gasteiger partial charge in [-0.25, -0.2) is 4.98 Å². The van der Waals surface area contributed by atoms with Gasteiger partial charge in [-0.05, 0) is 41.4 Å². The summed E-state index contributed by atoms with van der Waals surface area (Å²) in [5, 5.41) is 0. The number of nitrogens with zero attached hydrogens (tertiary/aromatic N) is 2. The third-order valence-electron chi connectivity index (χ3n) is 2.55. The molecule has 0 aromatic carbocycles. The molecule has 0 saturated carbocycles. The normalized spacial score (nSPS) is 10.5. The van der Waals surface area contributed by atoms with Crippen LogP contribution in [0.25, 0.3) is 11.5 Å². The minimum absolute atomic E-state index is 0.656. The van der Waals surface area contributed by atoms with Gasteiger partial charge in [0, 0.05) is 21.9 Å². The van der Waals surface area contributed by atoms with Crippen LogP contribution in [0.2, 0.25) is 0 Å². The zero-order valence-corrected chi connectivity index (χ0v) is 12.0. The quantitative estimate of drug-likeness (QED) is 0.857. The summed E-state index contributed by atoms with van der Waals surface area (Å²) >= 11 is 8.64. The second-order valence-electron chi connectivity index (χ2n) is 3.71. The van der Waals surface area contributed by atoms with Crippen LogP contribution >= 0.6 is 28.1 Å². The zero-order chi connectivity index (χ0) is 12.4. The van der Waals surface area contributed by atoms with Gasteiger partial charge in [-0.2, -0.15) is 0 Å². The highest BCUT2D eigenvalue weighted by atomic mass is 79.9. The Morgan fingerprint density at radius 2 is 2.18 bits per heavy atom. The standard InChI is InChI=1S/C12H12BrN3S/c1-3-9-7(2)15-11(16-12(9)17)10-5-4-8(13)6-14-10/h4-6H,3H2,1-2H3,(H,15,16,17). The van der Waals surface area contributed by atoms with Gasteiger partial charge in [0.25, 0.3) is 0 Å². The number of hydrogen-bond acceptors (Lipinski definition) is 3. The van der Waals surface area contributed by atoms with Crippen molar-refractivity contribution in [3.05, 3.63) is 38.7 Å². The van der Waals surface area contributed by atoms with Crippen LogP contribution in [-0.2, 0) is 6.42 Å². The number of H-pyrrole nitrogens is 1. The summed E-state index contributed by atoms with van der Waals surface area (Å²) < 4.78 is 1.60. The van der Waals surface area contributed by atoms with Crippen LogP contribution in [0, 0.1) is 11.6 Å². The van der Waals surface area contributed by atoms with Gasteiger partial charge < -0.3 is 4.98 Å². The molecule has 0 unspecified atom stereocenters. The van der Waals surface area contributed by atoms with Gasteiger partial charge in [0.05, 0.1) is 0 Å². The molecule has 0 spiro atoms. The fourth-order valence-corrected chi connectivity index (χ4v) is 2.29. The van der Waals surface area contributed by atoms with Crippen LogP contribution in [0.1, 0.15) is 18.2 Å². The highest BCUT2D eigenvalue weighted by Crippen LogP contribution is 2.17. The predicted octanol–water partition coefficient (Wildman–Crippen LogP) is 3.83. The summed E-state index contributed by atoms with van der Waals surface area (Å²) in [4.78, 5) is 11.9. The van der Waals surface area contributed by atoms with Crippen molar-refractivity contribution >= 4 is 28.1 Å². The molecule has 5 heteroatoms. The third-order valence-corrected chi connectivity index (χ3v) is 3.36. The van der Waals surface area contributed by atoms with Gasteiger partial charge in [-0.3, -0.25) is 4.98 Å². The monoisotopic (exact) mass is 309 g/mol. The highest BCUT2D eigenvalue weighted by Gasteiger charge is 2.06. The number of aromatic amines is 1. The Morgan fingerprint density at radius 3 is 2.71 bits per heavy atom. The molecular weight excluding hydrogens is 298 g/mol. The molecule has 0 fully saturated rings. The average Bonchev–Trinajstić information content (AvgIpc) is 2.29. The molecule has 0 atom stereocenters. The Kier molecular flexibility index (Phi) is 3.69. The molecule has 3 nitrogen and oxygen atoms in total. The van der Waals surface area contributed by atoms with Gasteiger partial charge >= 0.3 is 0 Å². The number of pyridine rings is 1. The van der Waals surface area contributed by atoms with E-state index < -0.39 is 0 Å². The molecule has 0 saturated heterocycles. The number of hydrogen-bond donors (Lipinski definition) is 1. The SMILES string of the molecule is CCc1c(C)[nH]c(-c2ccc(Br)cn2)nc1=S. The minimum atomic E-state index is 0.656. The van der Waals surface area contributed by atoms with Crippen LogP contribution in [0.4, 0.5) is 0 Å². The fourth-order valence-electron chi connectivity index (χ4n) is 1.66. The van der Waals surface area contributed by atoms with E-state index in [1.54, 1.807) is 6.20 Å². The van der Waals surface area contributed by atoms with Crippen molar-refractivity contribution in [1.82, 2.24) is 15.0 Å². The minimum Gasteiger partial charge on any atom is -0.342 e. The van der Waals surface area contributed by atoms with Crippen molar-refractivity contribution in [1.29, 1.82) is 0 Å². The van der Waals surface area contributed by atoms with Crippen LogP contribution in [0.3, 0.4) is 0 Å². The Hall–Kier alpha value is -1.07. The van der Waals surface area contributed by atoms with Crippen LogP contribution in [-0.4, -0.2) is 15.0 Å². The summed E-state index contributed by atoms with van der Waals surface area (Å²) in [5.74, 6) is 0.720. The second-order valence-corrected chi connectivity index (χ2v) is 5.01. The first-order chi connectivity index (χ1) is 8.11.